The maximum Gasteiger partial charge on any atom is 0.238 e. The van der Waals surface area contributed by atoms with Gasteiger partial charge in [0.1, 0.15) is 0 Å². The molecule has 0 fully saturated rings. The van der Waals surface area contributed by atoms with Crippen LogP contribution in [0.2, 0.25) is 0 Å². The van der Waals surface area contributed by atoms with Gasteiger partial charge in [0.15, 0.2) is 17.4 Å². The first kappa shape index (κ1) is 19.7. The molecule has 0 radical (unpaired) electrons. The predicted molar refractivity (Wildman–Crippen MR) is 99.5 cm³/mol. The maximum atomic E-state index is 14.2. The summed E-state index contributed by atoms with van der Waals surface area (Å²) < 4.78 is 61.1. The van der Waals surface area contributed by atoms with Gasteiger partial charge in [-0.05, 0) is 35.9 Å². The fourth-order valence-corrected chi connectivity index (χ4v) is 3.24. The van der Waals surface area contributed by atoms with E-state index < -0.39 is 27.4 Å². The molecule has 6 nitrogen and oxygen atoms in total. The van der Waals surface area contributed by atoms with Gasteiger partial charge in [0.25, 0.3) is 0 Å². The van der Waals surface area contributed by atoms with Crippen molar-refractivity contribution in [1.29, 1.82) is 0 Å². The number of sulfonamides is 1. The van der Waals surface area contributed by atoms with E-state index >= 15 is 0 Å². The zero-order valence-corrected chi connectivity index (χ0v) is 15.8. The molecule has 0 aliphatic rings. The number of ether oxygens (including phenoxy) is 2. The van der Waals surface area contributed by atoms with Crippen molar-refractivity contribution in [2.45, 2.75) is 4.90 Å². The maximum absolute atomic E-state index is 14.2. The summed E-state index contributed by atoms with van der Waals surface area (Å²) in [6.07, 6.45) is 0. The number of halogens is 2. The number of aromatic nitrogens is 1. The molecule has 3 rings (SSSR count). The zero-order valence-electron chi connectivity index (χ0n) is 14.9. The summed E-state index contributed by atoms with van der Waals surface area (Å²) in [7, 11) is -1.25. The Morgan fingerprint density at radius 1 is 0.893 bits per heavy atom. The largest absolute Gasteiger partial charge is 0.491 e. The van der Waals surface area contributed by atoms with Crippen LogP contribution in [0.5, 0.6) is 11.6 Å². The Morgan fingerprint density at radius 3 is 2.00 bits per heavy atom. The average Bonchev–Trinajstić information content (AvgIpc) is 2.66. The summed E-state index contributed by atoms with van der Waals surface area (Å²) in [5, 5.41) is 5.11. The fourth-order valence-electron chi connectivity index (χ4n) is 2.72. The van der Waals surface area contributed by atoms with Crippen molar-refractivity contribution < 1.29 is 26.7 Å². The van der Waals surface area contributed by atoms with Gasteiger partial charge >= 0.3 is 0 Å². The molecule has 0 spiro atoms. The highest BCUT2D eigenvalue weighted by molar-refractivity contribution is 7.89. The molecule has 3 aromatic rings. The van der Waals surface area contributed by atoms with Gasteiger partial charge in [-0.25, -0.2) is 27.3 Å². The number of nitrogens with zero attached hydrogens (tertiary/aromatic N) is 1. The van der Waals surface area contributed by atoms with Crippen molar-refractivity contribution in [3.63, 3.8) is 0 Å². The number of pyridine rings is 1. The van der Waals surface area contributed by atoms with Gasteiger partial charge in [-0.1, -0.05) is 12.1 Å². The van der Waals surface area contributed by atoms with Gasteiger partial charge in [-0.2, -0.15) is 0 Å². The number of rotatable bonds is 5. The van der Waals surface area contributed by atoms with E-state index in [-0.39, 0.29) is 22.0 Å². The first-order valence-electron chi connectivity index (χ1n) is 7.96. The van der Waals surface area contributed by atoms with Crippen LogP contribution in [0.25, 0.3) is 22.4 Å². The highest BCUT2D eigenvalue weighted by Crippen LogP contribution is 2.35. The van der Waals surface area contributed by atoms with Crippen LogP contribution in [-0.4, -0.2) is 27.6 Å². The minimum Gasteiger partial charge on any atom is -0.491 e. The van der Waals surface area contributed by atoms with Crippen LogP contribution in [0.4, 0.5) is 8.78 Å². The lowest BCUT2D eigenvalue weighted by molar-refractivity contribution is 0.360. The first-order chi connectivity index (χ1) is 13.2. The molecule has 2 aromatic carbocycles. The van der Waals surface area contributed by atoms with Gasteiger partial charge in [-0.3, -0.25) is 0 Å². The monoisotopic (exact) mass is 406 g/mol. The first-order valence-corrected chi connectivity index (χ1v) is 9.51. The molecule has 0 unspecified atom stereocenters. The van der Waals surface area contributed by atoms with Crippen molar-refractivity contribution >= 4 is 10.0 Å². The van der Waals surface area contributed by atoms with Crippen molar-refractivity contribution in [2.24, 2.45) is 5.14 Å². The SMILES string of the molecule is COc1ccc(-c2ccc(S(N)(=O)=O)cc2)c(-c2cc(F)c(OC)c(F)c2)n1. The topological polar surface area (TPSA) is 91.5 Å². The van der Waals surface area contributed by atoms with E-state index in [9.17, 15) is 17.2 Å². The Bertz CT molecular complexity index is 1110. The lowest BCUT2D eigenvalue weighted by Gasteiger charge is -2.13. The molecule has 2 N–H and O–H groups in total. The van der Waals surface area contributed by atoms with Gasteiger partial charge in [0.05, 0.1) is 24.8 Å². The predicted octanol–water partition coefficient (Wildman–Crippen LogP) is 3.36. The van der Waals surface area contributed by atoms with Crippen molar-refractivity contribution in [1.82, 2.24) is 4.98 Å². The van der Waals surface area contributed by atoms with Crippen LogP contribution in [0.15, 0.2) is 53.4 Å². The molecule has 0 aliphatic heterocycles. The number of hydrogen-bond donors (Lipinski definition) is 1. The Kier molecular flexibility index (Phi) is 5.30. The van der Waals surface area contributed by atoms with Crippen molar-refractivity contribution in [2.75, 3.05) is 14.2 Å². The molecular weight excluding hydrogens is 390 g/mol. The van der Waals surface area contributed by atoms with E-state index in [4.69, 9.17) is 14.6 Å². The van der Waals surface area contributed by atoms with Gasteiger partial charge in [-0.15, -0.1) is 0 Å². The molecule has 0 saturated heterocycles. The van der Waals surface area contributed by atoms with Gasteiger partial charge in [0.2, 0.25) is 15.9 Å². The molecule has 0 bridgehead atoms. The number of benzene rings is 2. The lowest BCUT2D eigenvalue weighted by atomic mass is 9.99. The summed E-state index contributed by atoms with van der Waals surface area (Å²) >= 11 is 0. The summed E-state index contributed by atoms with van der Waals surface area (Å²) in [5.74, 6) is -2.00. The summed E-state index contributed by atoms with van der Waals surface area (Å²) in [5.41, 5.74) is 1.52. The van der Waals surface area contributed by atoms with Gasteiger partial charge < -0.3 is 9.47 Å². The fraction of sp³-hybridized carbons (Fsp3) is 0.105. The second-order valence-corrected chi connectivity index (χ2v) is 7.35. The molecular formula is C19H16F2N2O4S. The smallest absolute Gasteiger partial charge is 0.238 e. The van der Waals surface area contributed by atoms with Crippen LogP contribution in [0.3, 0.4) is 0 Å². The molecule has 0 aliphatic carbocycles. The molecule has 0 amide bonds. The second kappa shape index (κ2) is 7.53. The molecule has 0 saturated carbocycles. The lowest BCUT2D eigenvalue weighted by Crippen LogP contribution is -2.11. The Hall–Kier alpha value is -3.04. The second-order valence-electron chi connectivity index (χ2n) is 5.79. The van der Waals surface area contributed by atoms with Crippen LogP contribution in [0, 0.1) is 11.6 Å². The Labute approximate surface area is 160 Å². The molecule has 28 heavy (non-hydrogen) atoms. The minimum absolute atomic E-state index is 0.0548. The summed E-state index contributed by atoms with van der Waals surface area (Å²) in [6.45, 7) is 0. The van der Waals surface area contributed by atoms with Crippen LogP contribution < -0.4 is 14.6 Å². The highest BCUT2D eigenvalue weighted by Gasteiger charge is 2.18. The summed E-state index contributed by atoms with van der Waals surface area (Å²) in [4.78, 5) is 4.25. The van der Waals surface area contributed by atoms with E-state index in [1.807, 2.05) is 0 Å². The standard InChI is InChI=1S/C19H16F2N2O4S/c1-26-17-8-7-14(11-3-5-13(6-4-11)28(22,24)25)18(23-17)12-9-15(20)19(27-2)16(21)10-12/h3-10H,1-2H3,(H2,22,24,25). The third-order valence-corrected chi connectivity index (χ3v) is 4.98. The number of nitrogens with two attached hydrogens (primary N) is 1. The third-order valence-electron chi connectivity index (χ3n) is 4.05. The summed E-state index contributed by atoms with van der Waals surface area (Å²) in [6, 6.07) is 11.2. The van der Waals surface area contributed by atoms with Crippen LogP contribution in [0.1, 0.15) is 0 Å². The van der Waals surface area contributed by atoms with Crippen LogP contribution >= 0.6 is 0 Å². The number of primary sulfonamides is 1. The van der Waals surface area contributed by atoms with Gasteiger partial charge in [0, 0.05) is 17.2 Å². The van der Waals surface area contributed by atoms with Crippen LogP contribution in [-0.2, 0) is 10.0 Å². The van der Waals surface area contributed by atoms with E-state index in [0.717, 1.165) is 12.1 Å². The number of hydrogen-bond acceptors (Lipinski definition) is 5. The van der Waals surface area contributed by atoms with E-state index in [0.29, 0.717) is 11.1 Å². The molecule has 1 heterocycles. The Balaban J connectivity index is 2.19. The minimum atomic E-state index is -3.84. The third kappa shape index (κ3) is 3.80. The molecule has 146 valence electrons. The average molecular weight is 406 g/mol. The normalized spacial score (nSPS) is 11.3. The van der Waals surface area contributed by atoms with Crippen molar-refractivity contribution in [3.8, 4) is 34.0 Å². The zero-order chi connectivity index (χ0) is 20.5. The Morgan fingerprint density at radius 2 is 1.50 bits per heavy atom. The van der Waals surface area contributed by atoms with E-state index in [1.54, 1.807) is 12.1 Å². The van der Waals surface area contributed by atoms with Crippen molar-refractivity contribution in [3.05, 3.63) is 60.2 Å². The van der Waals surface area contributed by atoms with E-state index in [1.165, 1.54) is 38.5 Å². The molecule has 0 atom stereocenters. The quantitative estimate of drug-likeness (QED) is 0.702. The number of methoxy groups -OCH3 is 2. The highest BCUT2D eigenvalue weighted by atomic mass is 32.2. The van der Waals surface area contributed by atoms with E-state index in [2.05, 4.69) is 4.98 Å². The molecule has 1 aromatic heterocycles. The molecule has 9 heteroatoms.